The van der Waals surface area contributed by atoms with Crippen LogP contribution in [-0.2, 0) is 16.6 Å². The summed E-state index contributed by atoms with van der Waals surface area (Å²) < 4.78 is 27.0. The van der Waals surface area contributed by atoms with E-state index in [1.807, 2.05) is 6.92 Å². The molecule has 5 nitrogen and oxygen atoms in total. The van der Waals surface area contributed by atoms with Crippen molar-refractivity contribution in [2.24, 2.45) is 5.73 Å². The van der Waals surface area contributed by atoms with Gasteiger partial charge in [0.2, 0.25) is 10.0 Å². The minimum Gasteiger partial charge on any atom is -0.326 e. The lowest BCUT2D eigenvalue weighted by molar-refractivity contribution is 0.309. The number of hydrogen-bond acceptors (Lipinski definition) is 4. The van der Waals surface area contributed by atoms with Gasteiger partial charge < -0.3 is 10.6 Å². The van der Waals surface area contributed by atoms with Gasteiger partial charge in [0.05, 0.1) is 4.90 Å². The van der Waals surface area contributed by atoms with E-state index in [9.17, 15) is 8.42 Å². The van der Waals surface area contributed by atoms with Crippen molar-refractivity contribution >= 4 is 10.0 Å². The van der Waals surface area contributed by atoms with Gasteiger partial charge in [-0.15, -0.1) is 0 Å². The maximum atomic E-state index is 12.2. The van der Waals surface area contributed by atoms with Crippen LogP contribution in [0.1, 0.15) is 25.0 Å². The summed E-state index contributed by atoms with van der Waals surface area (Å²) in [6.45, 7) is 9.34. The standard InChI is InChI=1S/C14H25N3O2S/c1-4-17(5-2)9-8-16-20(18,19)14-7-6-12(3)13(10-14)11-15/h6-7,10,16H,4-5,8-9,11,15H2,1-3H3. The van der Waals surface area contributed by atoms with Crippen LogP contribution < -0.4 is 10.5 Å². The van der Waals surface area contributed by atoms with Crippen LogP contribution in [0.4, 0.5) is 0 Å². The highest BCUT2D eigenvalue weighted by Crippen LogP contribution is 2.14. The van der Waals surface area contributed by atoms with Crippen molar-refractivity contribution in [1.82, 2.24) is 9.62 Å². The van der Waals surface area contributed by atoms with Crippen molar-refractivity contribution in [3.63, 3.8) is 0 Å². The molecule has 0 amide bonds. The molecule has 0 aromatic heterocycles. The molecule has 0 aliphatic heterocycles. The highest BCUT2D eigenvalue weighted by atomic mass is 32.2. The monoisotopic (exact) mass is 299 g/mol. The number of aryl methyl sites for hydroxylation is 1. The minimum absolute atomic E-state index is 0.281. The first-order chi connectivity index (χ1) is 9.44. The number of rotatable bonds is 8. The molecule has 0 aliphatic rings. The lowest BCUT2D eigenvalue weighted by Gasteiger charge is -2.18. The Bertz CT molecular complexity index is 525. The molecular formula is C14H25N3O2S. The van der Waals surface area contributed by atoms with Crippen LogP contribution in [-0.4, -0.2) is 39.5 Å². The normalized spacial score (nSPS) is 12.1. The molecule has 3 N–H and O–H groups in total. The third kappa shape index (κ3) is 4.56. The molecule has 0 fully saturated rings. The Morgan fingerprint density at radius 3 is 2.45 bits per heavy atom. The van der Waals surface area contributed by atoms with E-state index >= 15 is 0 Å². The van der Waals surface area contributed by atoms with E-state index in [0.717, 1.165) is 24.2 Å². The summed E-state index contributed by atoms with van der Waals surface area (Å²) >= 11 is 0. The molecule has 0 saturated heterocycles. The molecule has 0 aliphatic carbocycles. The van der Waals surface area contributed by atoms with Gasteiger partial charge in [0.15, 0.2) is 0 Å². The third-order valence-corrected chi connectivity index (χ3v) is 4.92. The summed E-state index contributed by atoms with van der Waals surface area (Å²) in [6.07, 6.45) is 0. The first-order valence-electron chi connectivity index (χ1n) is 6.96. The Balaban J connectivity index is 2.74. The summed E-state index contributed by atoms with van der Waals surface area (Å²) in [4.78, 5) is 2.45. The molecule has 6 heteroatoms. The smallest absolute Gasteiger partial charge is 0.240 e. The van der Waals surface area contributed by atoms with Gasteiger partial charge in [0.25, 0.3) is 0 Å². The Kier molecular flexibility index (Phi) is 6.61. The highest BCUT2D eigenvalue weighted by Gasteiger charge is 2.14. The molecule has 0 radical (unpaired) electrons. The van der Waals surface area contributed by atoms with Gasteiger partial charge in [0.1, 0.15) is 0 Å². The zero-order chi connectivity index (χ0) is 15.2. The molecule has 0 unspecified atom stereocenters. The van der Waals surface area contributed by atoms with E-state index in [2.05, 4.69) is 23.5 Å². The van der Waals surface area contributed by atoms with E-state index in [0.29, 0.717) is 19.6 Å². The number of sulfonamides is 1. The maximum Gasteiger partial charge on any atom is 0.240 e. The van der Waals surface area contributed by atoms with Gasteiger partial charge in [-0.1, -0.05) is 19.9 Å². The fourth-order valence-corrected chi connectivity index (χ4v) is 3.07. The van der Waals surface area contributed by atoms with E-state index in [1.54, 1.807) is 18.2 Å². The molecule has 114 valence electrons. The van der Waals surface area contributed by atoms with Crippen LogP contribution in [0, 0.1) is 6.92 Å². The first kappa shape index (κ1) is 17.1. The van der Waals surface area contributed by atoms with E-state index in [1.165, 1.54) is 0 Å². The summed E-state index contributed by atoms with van der Waals surface area (Å²) in [5, 5.41) is 0. The fourth-order valence-electron chi connectivity index (χ4n) is 2.00. The molecule has 1 rings (SSSR count). The summed E-state index contributed by atoms with van der Waals surface area (Å²) in [6, 6.07) is 5.06. The fraction of sp³-hybridized carbons (Fsp3) is 0.571. The van der Waals surface area contributed by atoms with Crippen molar-refractivity contribution in [2.75, 3.05) is 26.2 Å². The number of nitrogens with one attached hydrogen (secondary N) is 1. The van der Waals surface area contributed by atoms with Gasteiger partial charge in [-0.05, 0) is 43.3 Å². The van der Waals surface area contributed by atoms with Gasteiger partial charge in [0, 0.05) is 19.6 Å². The molecule has 1 aromatic rings. The molecule has 0 bridgehead atoms. The lowest BCUT2D eigenvalue weighted by Crippen LogP contribution is -2.34. The topological polar surface area (TPSA) is 75.4 Å². The van der Waals surface area contributed by atoms with Crippen molar-refractivity contribution in [1.29, 1.82) is 0 Å². The van der Waals surface area contributed by atoms with Crippen LogP contribution in [0.3, 0.4) is 0 Å². The molecular weight excluding hydrogens is 274 g/mol. The van der Waals surface area contributed by atoms with Gasteiger partial charge >= 0.3 is 0 Å². The second-order valence-corrected chi connectivity index (χ2v) is 6.48. The zero-order valence-corrected chi connectivity index (χ0v) is 13.3. The molecule has 0 heterocycles. The molecule has 0 spiro atoms. The predicted octanol–water partition coefficient (Wildman–Crippen LogP) is 1.07. The van der Waals surface area contributed by atoms with Gasteiger partial charge in [-0.2, -0.15) is 0 Å². The van der Waals surface area contributed by atoms with Crippen LogP contribution in [0.2, 0.25) is 0 Å². The number of likely N-dealkylation sites (N-methyl/N-ethyl adjacent to an activating group) is 1. The van der Waals surface area contributed by atoms with Crippen LogP contribution >= 0.6 is 0 Å². The summed E-state index contributed by atoms with van der Waals surface area (Å²) in [5.74, 6) is 0. The van der Waals surface area contributed by atoms with Gasteiger partial charge in [-0.25, -0.2) is 13.1 Å². The summed E-state index contributed by atoms with van der Waals surface area (Å²) in [5.41, 5.74) is 7.48. The largest absolute Gasteiger partial charge is 0.326 e. The highest BCUT2D eigenvalue weighted by molar-refractivity contribution is 7.89. The second-order valence-electron chi connectivity index (χ2n) is 4.72. The second kappa shape index (κ2) is 7.73. The summed E-state index contributed by atoms with van der Waals surface area (Å²) in [7, 11) is -3.45. The van der Waals surface area contributed by atoms with Crippen LogP contribution in [0.15, 0.2) is 23.1 Å². The van der Waals surface area contributed by atoms with E-state index < -0.39 is 10.0 Å². The number of nitrogens with zero attached hydrogens (tertiary/aromatic N) is 1. The number of benzene rings is 1. The minimum atomic E-state index is -3.45. The van der Waals surface area contributed by atoms with Crippen molar-refractivity contribution in [3.8, 4) is 0 Å². The molecule has 0 atom stereocenters. The quantitative estimate of drug-likeness (QED) is 0.753. The zero-order valence-electron chi connectivity index (χ0n) is 12.5. The van der Waals surface area contributed by atoms with Crippen LogP contribution in [0.25, 0.3) is 0 Å². The Morgan fingerprint density at radius 2 is 1.90 bits per heavy atom. The predicted molar refractivity (Wildman–Crippen MR) is 82.0 cm³/mol. The lowest BCUT2D eigenvalue weighted by atomic mass is 10.1. The van der Waals surface area contributed by atoms with Crippen molar-refractivity contribution < 1.29 is 8.42 Å². The molecule has 0 saturated carbocycles. The van der Waals surface area contributed by atoms with Gasteiger partial charge in [-0.3, -0.25) is 0 Å². The number of nitrogens with two attached hydrogens (primary N) is 1. The van der Waals surface area contributed by atoms with Crippen molar-refractivity contribution in [2.45, 2.75) is 32.2 Å². The maximum absolute atomic E-state index is 12.2. The average molecular weight is 299 g/mol. The first-order valence-corrected chi connectivity index (χ1v) is 8.44. The van der Waals surface area contributed by atoms with Crippen molar-refractivity contribution in [3.05, 3.63) is 29.3 Å². The molecule has 1 aromatic carbocycles. The molecule has 20 heavy (non-hydrogen) atoms. The SMILES string of the molecule is CCN(CC)CCNS(=O)(=O)c1ccc(C)c(CN)c1. The Labute approximate surface area is 122 Å². The Morgan fingerprint density at radius 1 is 1.25 bits per heavy atom. The van der Waals surface area contributed by atoms with E-state index in [-0.39, 0.29) is 4.90 Å². The van der Waals surface area contributed by atoms with E-state index in [4.69, 9.17) is 5.73 Å². The third-order valence-electron chi connectivity index (χ3n) is 3.47. The van der Waals surface area contributed by atoms with Crippen LogP contribution in [0.5, 0.6) is 0 Å². The number of hydrogen-bond donors (Lipinski definition) is 2. The Hall–Kier alpha value is -0.950. The average Bonchev–Trinajstić information content (AvgIpc) is 2.44.